The lowest BCUT2D eigenvalue weighted by molar-refractivity contribution is 0.238. The predicted octanol–water partition coefficient (Wildman–Crippen LogP) is 1.14. The number of likely N-dealkylation sites (tertiary alicyclic amines) is 1. The van der Waals surface area contributed by atoms with Crippen molar-refractivity contribution in [1.29, 1.82) is 0 Å². The van der Waals surface area contributed by atoms with Crippen LogP contribution in [0.15, 0.2) is 18.3 Å². The molecule has 1 aromatic rings. The Labute approximate surface area is 90.0 Å². The average molecular weight is 207 g/mol. The van der Waals surface area contributed by atoms with E-state index in [4.69, 9.17) is 10.5 Å². The minimum atomic E-state index is 0.508. The molecule has 0 aliphatic carbocycles. The molecule has 0 radical (unpaired) electrons. The topological polar surface area (TPSA) is 51.4 Å². The van der Waals surface area contributed by atoms with Gasteiger partial charge in [0.2, 0.25) is 0 Å². The van der Waals surface area contributed by atoms with Crippen molar-refractivity contribution in [2.45, 2.75) is 12.8 Å². The lowest BCUT2D eigenvalue weighted by Crippen LogP contribution is -2.25. The smallest absolute Gasteiger partial charge is 0.126 e. The Hall–Kier alpha value is -1.29. The maximum Gasteiger partial charge on any atom is 0.126 e. The average Bonchev–Trinajstić information content (AvgIpc) is 2.71. The number of nitrogens with zero attached hydrogens (tertiary/aromatic N) is 2. The first-order chi connectivity index (χ1) is 7.34. The molecule has 1 aliphatic rings. The van der Waals surface area contributed by atoms with E-state index in [1.54, 1.807) is 12.3 Å². The van der Waals surface area contributed by atoms with Crippen molar-refractivity contribution >= 4 is 5.82 Å². The number of nitrogen functional groups attached to an aromatic ring is 1. The summed E-state index contributed by atoms with van der Waals surface area (Å²) in [5, 5.41) is 0. The number of nitrogens with two attached hydrogens (primary N) is 1. The minimum absolute atomic E-state index is 0.508. The monoisotopic (exact) mass is 207 g/mol. The van der Waals surface area contributed by atoms with Crippen molar-refractivity contribution in [3.8, 4) is 5.75 Å². The van der Waals surface area contributed by atoms with Gasteiger partial charge in [0.1, 0.15) is 18.2 Å². The van der Waals surface area contributed by atoms with E-state index in [0.29, 0.717) is 5.82 Å². The number of aromatic nitrogens is 1. The predicted molar refractivity (Wildman–Crippen MR) is 59.8 cm³/mol. The highest BCUT2D eigenvalue weighted by atomic mass is 16.5. The van der Waals surface area contributed by atoms with Crippen LogP contribution in [0, 0.1) is 0 Å². The van der Waals surface area contributed by atoms with Crippen molar-refractivity contribution in [3.63, 3.8) is 0 Å². The SMILES string of the molecule is Nc1cc(OCCN2CCCC2)ccn1. The normalized spacial score (nSPS) is 16.8. The molecule has 4 nitrogen and oxygen atoms in total. The first-order valence-electron chi connectivity index (χ1n) is 5.41. The Kier molecular flexibility index (Phi) is 3.40. The second-order valence-corrected chi connectivity index (χ2v) is 3.81. The largest absolute Gasteiger partial charge is 0.492 e. The summed E-state index contributed by atoms with van der Waals surface area (Å²) in [5.41, 5.74) is 5.55. The molecule has 0 aromatic carbocycles. The molecule has 15 heavy (non-hydrogen) atoms. The summed E-state index contributed by atoms with van der Waals surface area (Å²) >= 11 is 0. The quantitative estimate of drug-likeness (QED) is 0.804. The molecule has 2 rings (SSSR count). The molecular weight excluding hydrogens is 190 g/mol. The third kappa shape index (κ3) is 3.09. The van der Waals surface area contributed by atoms with Gasteiger partial charge in [-0.3, -0.25) is 4.90 Å². The van der Waals surface area contributed by atoms with Gasteiger partial charge in [0.05, 0.1) is 0 Å². The van der Waals surface area contributed by atoms with Crippen molar-refractivity contribution in [2.75, 3.05) is 32.0 Å². The van der Waals surface area contributed by atoms with Crippen LogP contribution in [0.4, 0.5) is 5.82 Å². The van der Waals surface area contributed by atoms with Gasteiger partial charge in [-0.15, -0.1) is 0 Å². The fraction of sp³-hybridized carbons (Fsp3) is 0.545. The van der Waals surface area contributed by atoms with Crippen LogP contribution in [0.2, 0.25) is 0 Å². The van der Waals surface area contributed by atoms with E-state index in [1.165, 1.54) is 25.9 Å². The van der Waals surface area contributed by atoms with Gasteiger partial charge in [-0.05, 0) is 32.0 Å². The second kappa shape index (κ2) is 4.98. The maximum absolute atomic E-state index is 5.59. The maximum atomic E-state index is 5.59. The molecular formula is C11H17N3O. The van der Waals surface area contributed by atoms with Crippen molar-refractivity contribution < 1.29 is 4.74 Å². The Morgan fingerprint density at radius 1 is 1.40 bits per heavy atom. The third-order valence-corrected chi connectivity index (χ3v) is 2.63. The summed E-state index contributed by atoms with van der Waals surface area (Å²) in [5.74, 6) is 1.32. The van der Waals surface area contributed by atoms with E-state index in [9.17, 15) is 0 Å². The molecule has 0 unspecified atom stereocenters. The van der Waals surface area contributed by atoms with E-state index < -0.39 is 0 Å². The summed E-state index contributed by atoms with van der Waals surface area (Å²) < 4.78 is 5.59. The van der Waals surface area contributed by atoms with E-state index >= 15 is 0 Å². The van der Waals surface area contributed by atoms with Crippen LogP contribution >= 0.6 is 0 Å². The van der Waals surface area contributed by atoms with Gasteiger partial charge in [-0.1, -0.05) is 0 Å². The molecule has 2 heterocycles. The first-order valence-corrected chi connectivity index (χ1v) is 5.41. The van der Waals surface area contributed by atoms with E-state index in [1.807, 2.05) is 6.07 Å². The Morgan fingerprint density at radius 3 is 2.93 bits per heavy atom. The van der Waals surface area contributed by atoms with E-state index in [-0.39, 0.29) is 0 Å². The van der Waals surface area contributed by atoms with Gasteiger partial charge in [-0.25, -0.2) is 4.98 Å². The Morgan fingerprint density at radius 2 is 2.20 bits per heavy atom. The van der Waals surface area contributed by atoms with Crippen LogP contribution in [0.25, 0.3) is 0 Å². The van der Waals surface area contributed by atoms with Crippen molar-refractivity contribution in [2.24, 2.45) is 0 Å². The van der Waals surface area contributed by atoms with Gasteiger partial charge in [-0.2, -0.15) is 0 Å². The molecule has 0 amide bonds. The Bertz CT molecular complexity index is 310. The molecule has 2 N–H and O–H groups in total. The number of hydrogen-bond donors (Lipinski definition) is 1. The van der Waals surface area contributed by atoms with Crippen LogP contribution in [-0.2, 0) is 0 Å². The molecule has 1 saturated heterocycles. The van der Waals surface area contributed by atoms with Crippen LogP contribution in [0.3, 0.4) is 0 Å². The van der Waals surface area contributed by atoms with Gasteiger partial charge < -0.3 is 10.5 Å². The second-order valence-electron chi connectivity index (χ2n) is 3.81. The molecule has 0 spiro atoms. The summed E-state index contributed by atoms with van der Waals surface area (Å²) in [7, 11) is 0. The van der Waals surface area contributed by atoms with Crippen LogP contribution in [-0.4, -0.2) is 36.1 Å². The summed E-state index contributed by atoms with van der Waals surface area (Å²) in [6.45, 7) is 4.15. The highest BCUT2D eigenvalue weighted by Crippen LogP contribution is 2.12. The zero-order valence-electron chi connectivity index (χ0n) is 8.85. The first kappa shape index (κ1) is 10.2. The van der Waals surface area contributed by atoms with Gasteiger partial charge in [0.25, 0.3) is 0 Å². The molecule has 1 aromatic heterocycles. The molecule has 0 atom stereocenters. The zero-order valence-corrected chi connectivity index (χ0v) is 8.85. The molecule has 1 fully saturated rings. The highest BCUT2D eigenvalue weighted by molar-refractivity contribution is 5.35. The lowest BCUT2D eigenvalue weighted by atomic mass is 10.4. The third-order valence-electron chi connectivity index (χ3n) is 2.63. The standard InChI is InChI=1S/C11H17N3O/c12-11-9-10(3-4-13-11)15-8-7-14-5-1-2-6-14/h3-4,9H,1-2,5-8H2,(H2,12,13). The number of anilines is 1. The van der Waals surface area contributed by atoms with Crippen LogP contribution in [0.5, 0.6) is 5.75 Å². The number of rotatable bonds is 4. The van der Waals surface area contributed by atoms with Crippen molar-refractivity contribution in [1.82, 2.24) is 9.88 Å². The van der Waals surface area contributed by atoms with Gasteiger partial charge in [0.15, 0.2) is 0 Å². The fourth-order valence-electron chi connectivity index (χ4n) is 1.82. The molecule has 82 valence electrons. The highest BCUT2D eigenvalue weighted by Gasteiger charge is 2.10. The summed E-state index contributed by atoms with van der Waals surface area (Å²) in [6.07, 6.45) is 4.31. The van der Waals surface area contributed by atoms with Crippen LogP contribution < -0.4 is 10.5 Å². The van der Waals surface area contributed by atoms with Gasteiger partial charge in [0, 0.05) is 18.8 Å². The molecule has 1 aliphatic heterocycles. The molecule has 0 bridgehead atoms. The van der Waals surface area contributed by atoms with E-state index in [0.717, 1.165) is 18.9 Å². The van der Waals surface area contributed by atoms with Gasteiger partial charge >= 0.3 is 0 Å². The van der Waals surface area contributed by atoms with Crippen LogP contribution in [0.1, 0.15) is 12.8 Å². The molecule has 0 saturated carbocycles. The van der Waals surface area contributed by atoms with Crippen molar-refractivity contribution in [3.05, 3.63) is 18.3 Å². The van der Waals surface area contributed by atoms with E-state index in [2.05, 4.69) is 9.88 Å². The Balaban J connectivity index is 1.73. The summed E-state index contributed by atoms with van der Waals surface area (Å²) in [4.78, 5) is 6.33. The zero-order chi connectivity index (χ0) is 10.5. The molecule has 4 heteroatoms. The number of ether oxygens (including phenoxy) is 1. The summed E-state index contributed by atoms with van der Waals surface area (Å²) in [6, 6.07) is 3.59. The minimum Gasteiger partial charge on any atom is -0.492 e. The fourth-order valence-corrected chi connectivity index (χ4v) is 1.82. The lowest BCUT2D eigenvalue weighted by Gasteiger charge is -2.14. The number of hydrogen-bond acceptors (Lipinski definition) is 4. The number of pyridine rings is 1.